The average Bonchev–Trinajstić information content (AvgIpc) is 2.46. The van der Waals surface area contributed by atoms with Crippen molar-refractivity contribution in [3.8, 4) is 5.75 Å². The molecule has 2 aromatic carbocycles. The number of halogens is 1. The normalized spacial score (nSPS) is 10.1. The molecule has 0 aromatic heterocycles. The van der Waals surface area contributed by atoms with E-state index in [0.29, 0.717) is 11.4 Å². The van der Waals surface area contributed by atoms with Crippen LogP contribution in [0.2, 0.25) is 0 Å². The molecule has 0 aliphatic heterocycles. The average molecular weight is 274 g/mol. The summed E-state index contributed by atoms with van der Waals surface area (Å²) in [6.45, 7) is -0.234. The van der Waals surface area contributed by atoms with Crippen molar-refractivity contribution < 1.29 is 13.9 Å². The summed E-state index contributed by atoms with van der Waals surface area (Å²) in [6, 6.07) is 12.8. The molecular weight excluding hydrogens is 259 g/mol. The van der Waals surface area contributed by atoms with Crippen LogP contribution in [0.4, 0.5) is 15.8 Å². The van der Waals surface area contributed by atoms with E-state index in [9.17, 15) is 9.18 Å². The van der Waals surface area contributed by atoms with Gasteiger partial charge in [-0.2, -0.15) is 0 Å². The summed E-state index contributed by atoms with van der Waals surface area (Å²) in [6.07, 6.45) is 0. The molecule has 0 fully saturated rings. The smallest absolute Gasteiger partial charge is 0.264 e. The van der Waals surface area contributed by atoms with Crippen molar-refractivity contribution in [1.29, 1.82) is 0 Å². The van der Waals surface area contributed by atoms with E-state index in [0.717, 1.165) is 0 Å². The van der Waals surface area contributed by atoms with Crippen LogP contribution in [0.5, 0.6) is 5.75 Å². The van der Waals surface area contributed by atoms with Gasteiger partial charge in [-0.25, -0.2) is 4.39 Å². The van der Waals surface area contributed by atoms with Crippen molar-refractivity contribution >= 4 is 17.3 Å². The minimum Gasteiger partial charge on any atom is -0.481 e. The van der Waals surface area contributed by atoms with Crippen molar-refractivity contribution in [3.05, 3.63) is 54.3 Å². The zero-order valence-corrected chi connectivity index (χ0v) is 11.0. The van der Waals surface area contributed by atoms with E-state index in [-0.39, 0.29) is 18.3 Å². The highest BCUT2D eigenvalue weighted by Crippen LogP contribution is 2.17. The van der Waals surface area contributed by atoms with Gasteiger partial charge in [-0.1, -0.05) is 12.1 Å². The van der Waals surface area contributed by atoms with E-state index < -0.39 is 5.82 Å². The first-order chi connectivity index (χ1) is 9.58. The SMILES string of the molecule is CN(C(=O)COc1ccccc1F)c1ccc(N)cc1. The van der Waals surface area contributed by atoms with Crippen molar-refractivity contribution in [1.82, 2.24) is 0 Å². The number of amides is 1. The summed E-state index contributed by atoms with van der Waals surface area (Å²) >= 11 is 0. The molecule has 2 N–H and O–H groups in total. The second kappa shape index (κ2) is 6.06. The molecule has 0 heterocycles. The summed E-state index contributed by atoms with van der Waals surface area (Å²) in [7, 11) is 1.62. The molecule has 4 nitrogen and oxygen atoms in total. The lowest BCUT2D eigenvalue weighted by Gasteiger charge is -2.17. The molecule has 2 rings (SSSR count). The van der Waals surface area contributed by atoms with Gasteiger partial charge in [0.25, 0.3) is 5.91 Å². The number of nitrogens with zero attached hydrogens (tertiary/aromatic N) is 1. The van der Waals surface area contributed by atoms with E-state index in [1.165, 1.54) is 17.0 Å². The number of likely N-dealkylation sites (N-methyl/N-ethyl adjacent to an activating group) is 1. The van der Waals surface area contributed by atoms with Crippen molar-refractivity contribution in [2.75, 3.05) is 24.3 Å². The number of para-hydroxylation sites is 1. The molecule has 20 heavy (non-hydrogen) atoms. The number of anilines is 2. The van der Waals surface area contributed by atoms with Gasteiger partial charge in [-0.15, -0.1) is 0 Å². The van der Waals surface area contributed by atoms with E-state index in [2.05, 4.69) is 0 Å². The fourth-order valence-corrected chi connectivity index (χ4v) is 1.64. The van der Waals surface area contributed by atoms with Crippen LogP contribution in [-0.2, 0) is 4.79 Å². The van der Waals surface area contributed by atoms with Crippen LogP contribution >= 0.6 is 0 Å². The number of rotatable bonds is 4. The maximum atomic E-state index is 13.3. The summed E-state index contributed by atoms with van der Waals surface area (Å²) in [5.41, 5.74) is 6.90. The van der Waals surface area contributed by atoms with E-state index in [1.54, 1.807) is 43.4 Å². The lowest BCUT2D eigenvalue weighted by molar-refractivity contribution is -0.120. The van der Waals surface area contributed by atoms with Gasteiger partial charge >= 0.3 is 0 Å². The molecule has 0 radical (unpaired) electrons. The van der Waals surface area contributed by atoms with Crippen LogP contribution < -0.4 is 15.4 Å². The van der Waals surface area contributed by atoms with Gasteiger partial charge in [0.2, 0.25) is 0 Å². The minimum atomic E-state index is -0.490. The van der Waals surface area contributed by atoms with Crippen LogP contribution in [0, 0.1) is 5.82 Å². The second-order valence-electron chi connectivity index (χ2n) is 4.26. The molecule has 2 aromatic rings. The number of hydrogen-bond donors (Lipinski definition) is 1. The van der Waals surface area contributed by atoms with Gasteiger partial charge in [-0.05, 0) is 36.4 Å². The van der Waals surface area contributed by atoms with Gasteiger partial charge in [-0.3, -0.25) is 4.79 Å². The Kier molecular flexibility index (Phi) is 4.20. The van der Waals surface area contributed by atoms with E-state index in [4.69, 9.17) is 10.5 Å². The molecule has 0 spiro atoms. The second-order valence-corrected chi connectivity index (χ2v) is 4.26. The fraction of sp³-hybridized carbons (Fsp3) is 0.133. The molecule has 0 unspecified atom stereocenters. The summed E-state index contributed by atoms with van der Waals surface area (Å²) in [5, 5.41) is 0. The topological polar surface area (TPSA) is 55.6 Å². The van der Waals surface area contributed by atoms with E-state index >= 15 is 0 Å². The van der Waals surface area contributed by atoms with Crippen LogP contribution in [0.15, 0.2) is 48.5 Å². The number of ether oxygens (including phenoxy) is 1. The molecule has 104 valence electrons. The van der Waals surface area contributed by atoms with Crippen LogP contribution in [0.3, 0.4) is 0 Å². The van der Waals surface area contributed by atoms with Crippen LogP contribution in [0.25, 0.3) is 0 Å². The zero-order valence-electron chi connectivity index (χ0n) is 11.0. The molecule has 0 atom stereocenters. The molecule has 5 heteroatoms. The molecule has 0 aliphatic carbocycles. The first kappa shape index (κ1) is 13.9. The lowest BCUT2D eigenvalue weighted by atomic mass is 10.2. The third-order valence-corrected chi connectivity index (χ3v) is 2.84. The molecule has 0 saturated heterocycles. The highest BCUT2D eigenvalue weighted by atomic mass is 19.1. The number of nitrogens with two attached hydrogens (primary N) is 1. The Morgan fingerprint density at radius 3 is 2.50 bits per heavy atom. The number of hydrogen-bond acceptors (Lipinski definition) is 3. The Morgan fingerprint density at radius 2 is 1.85 bits per heavy atom. The highest BCUT2D eigenvalue weighted by Gasteiger charge is 2.12. The van der Waals surface area contributed by atoms with Gasteiger partial charge in [0.15, 0.2) is 18.2 Å². The highest BCUT2D eigenvalue weighted by molar-refractivity contribution is 5.94. The molecular formula is C15H15FN2O2. The molecule has 1 amide bonds. The summed E-state index contributed by atoms with van der Waals surface area (Å²) < 4.78 is 18.5. The zero-order chi connectivity index (χ0) is 14.5. The third-order valence-electron chi connectivity index (χ3n) is 2.84. The monoisotopic (exact) mass is 274 g/mol. The minimum absolute atomic E-state index is 0.0616. The van der Waals surface area contributed by atoms with Crippen molar-refractivity contribution in [2.45, 2.75) is 0 Å². The fourth-order valence-electron chi connectivity index (χ4n) is 1.64. The largest absolute Gasteiger partial charge is 0.481 e. The molecule has 0 saturated carbocycles. The Morgan fingerprint density at radius 1 is 1.20 bits per heavy atom. The van der Waals surface area contributed by atoms with Gasteiger partial charge in [0.1, 0.15) is 0 Å². The summed E-state index contributed by atoms with van der Waals surface area (Å²) in [5.74, 6) is -0.708. The standard InChI is InChI=1S/C15H15FN2O2/c1-18(12-8-6-11(17)7-9-12)15(19)10-20-14-5-3-2-4-13(14)16/h2-9H,10,17H2,1H3. The molecule has 0 bridgehead atoms. The maximum Gasteiger partial charge on any atom is 0.264 e. The van der Waals surface area contributed by atoms with Crippen molar-refractivity contribution in [3.63, 3.8) is 0 Å². The number of carbonyl (C=O) groups excluding carboxylic acids is 1. The summed E-state index contributed by atoms with van der Waals surface area (Å²) in [4.78, 5) is 13.4. The first-order valence-corrected chi connectivity index (χ1v) is 6.07. The maximum absolute atomic E-state index is 13.3. The lowest BCUT2D eigenvalue weighted by Crippen LogP contribution is -2.31. The van der Waals surface area contributed by atoms with Gasteiger partial charge in [0, 0.05) is 18.4 Å². The number of nitrogen functional groups attached to an aromatic ring is 1. The van der Waals surface area contributed by atoms with Gasteiger partial charge < -0.3 is 15.4 Å². The third kappa shape index (κ3) is 3.26. The Balaban J connectivity index is 1.98. The number of carbonyl (C=O) groups is 1. The van der Waals surface area contributed by atoms with Crippen LogP contribution in [0.1, 0.15) is 0 Å². The predicted octanol–water partition coefficient (Wildman–Crippen LogP) is 2.45. The quantitative estimate of drug-likeness (QED) is 0.871. The van der Waals surface area contributed by atoms with Crippen molar-refractivity contribution in [2.24, 2.45) is 0 Å². The van der Waals surface area contributed by atoms with Crippen LogP contribution in [-0.4, -0.2) is 19.6 Å². The first-order valence-electron chi connectivity index (χ1n) is 6.07. The predicted molar refractivity (Wildman–Crippen MR) is 76.2 cm³/mol. The Hall–Kier alpha value is -2.56. The van der Waals surface area contributed by atoms with E-state index in [1.807, 2.05) is 0 Å². The van der Waals surface area contributed by atoms with Gasteiger partial charge in [0.05, 0.1) is 0 Å². The Bertz CT molecular complexity index is 599. The Labute approximate surface area is 116 Å². The number of benzene rings is 2. The molecule has 0 aliphatic rings.